The lowest BCUT2D eigenvalue weighted by molar-refractivity contribution is -0.141. The van der Waals surface area contributed by atoms with Gasteiger partial charge in [-0.25, -0.2) is 8.42 Å². The lowest BCUT2D eigenvalue weighted by atomic mass is 10.0. The first-order valence-electron chi connectivity index (χ1n) is 11.1. The van der Waals surface area contributed by atoms with Gasteiger partial charge in [0.15, 0.2) is 0 Å². The molecule has 0 saturated carbocycles. The fourth-order valence-corrected chi connectivity index (χ4v) is 5.13. The summed E-state index contributed by atoms with van der Waals surface area (Å²) in [6.07, 6.45) is 0.240. The van der Waals surface area contributed by atoms with Crippen LogP contribution in [0.1, 0.15) is 11.1 Å². The Morgan fingerprint density at radius 3 is 2.14 bits per heavy atom. The van der Waals surface area contributed by atoms with Crippen LogP contribution in [0.2, 0.25) is 10.0 Å². The van der Waals surface area contributed by atoms with Crippen LogP contribution in [-0.4, -0.2) is 56.1 Å². The number of carbonyl (C=O) groups excluding carboxylic acids is 2. The van der Waals surface area contributed by atoms with E-state index in [0.29, 0.717) is 15.6 Å². The average Bonchev–Trinajstić information content (AvgIpc) is 2.87. The second-order valence-corrected chi connectivity index (χ2v) is 11.0. The highest BCUT2D eigenvalue weighted by Gasteiger charge is 2.32. The average molecular weight is 548 g/mol. The van der Waals surface area contributed by atoms with E-state index in [4.69, 9.17) is 23.2 Å². The smallest absolute Gasteiger partial charge is 0.243 e. The van der Waals surface area contributed by atoms with Crippen LogP contribution in [-0.2, 0) is 32.6 Å². The van der Waals surface area contributed by atoms with Gasteiger partial charge in [-0.15, -0.1) is 0 Å². The second-order valence-electron chi connectivity index (χ2n) is 8.15. The zero-order chi connectivity index (χ0) is 26.3. The van der Waals surface area contributed by atoms with Crippen LogP contribution in [0.25, 0.3) is 0 Å². The number of benzene rings is 3. The van der Waals surface area contributed by atoms with Gasteiger partial charge in [0.1, 0.15) is 6.04 Å². The Morgan fingerprint density at radius 1 is 0.917 bits per heavy atom. The highest BCUT2D eigenvalue weighted by molar-refractivity contribution is 7.89. The molecule has 0 fully saturated rings. The molecule has 1 atom stereocenters. The maximum Gasteiger partial charge on any atom is 0.243 e. The van der Waals surface area contributed by atoms with Gasteiger partial charge < -0.3 is 10.2 Å². The lowest BCUT2D eigenvalue weighted by Gasteiger charge is -2.32. The molecule has 0 aliphatic rings. The first-order valence-corrected chi connectivity index (χ1v) is 13.3. The Bertz CT molecular complexity index is 1300. The van der Waals surface area contributed by atoms with Gasteiger partial charge in [0.05, 0.1) is 11.4 Å². The molecule has 3 aromatic rings. The maximum absolute atomic E-state index is 13.6. The van der Waals surface area contributed by atoms with Crippen molar-refractivity contribution in [1.29, 1.82) is 0 Å². The third kappa shape index (κ3) is 6.85. The summed E-state index contributed by atoms with van der Waals surface area (Å²) in [7, 11) is -1.16. The highest BCUT2D eigenvalue weighted by atomic mass is 35.5. The van der Waals surface area contributed by atoms with Crippen molar-refractivity contribution >= 4 is 45.0 Å². The van der Waals surface area contributed by atoms with Gasteiger partial charge >= 0.3 is 0 Å². The van der Waals surface area contributed by atoms with Crippen molar-refractivity contribution in [2.24, 2.45) is 0 Å². The third-order valence-electron chi connectivity index (χ3n) is 5.70. The minimum Gasteiger partial charge on any atom is -0.357 e. The van der Waals surface area contributed by atoms with Crippen molar-refractivity contribution in [3.63, 3.8) is 0 Å². The number of rotatable bonds is 10. The van der Waals surface area contributed by atoms with E-state index in [1.54, 1.807) is 24.3 Å². The van der Waals surface area contributed by atoms with E-state index in [1.165, 1.54) is 43.3 Å². The molecule has 3 rings (SSSR count). The van der Waals surface area contributed by atoms with Crippen LogP contribution in [0, 0.1) is 0 Å². The molecule has 0 saturated heterocycles. The van der Waals surface area contributed by atoms with Crippen LogP contribution in [0.4, 0.5) is 0 Å². The number of hydrogen-bond acceptors (Lipinski definition) is 4. The molecule has 0 unspecified atom stereocenters. The molecular formula is C26H27Cl2N3O4S. The summed E-state index contributed by atoms with van der Waals surface area (Å²) in [6.45, 7) is -0.448. The number of amides is 2. The van der Waals surface area contributed by atoms with Gasteiger partial charge in [0.2, 0.25) is 21.8 Å². The normalized spacial score (nSPS) is 12.2. The fraction of sp³-hybridized carbons (Fsp3) is 0.231. The van der Waals surface area contributed by atoms with E-state index in [9.17, 15) is 18.0 Å². The van der Waals surface area contributed by atoms with Crippen molar-refractivity contribution in [1.82, 2.24) is 14.5 Å². The molecule has 0 aromatic heterocycles. The molecule has 0 aliphatic heterocycles. The van der Waals surface area contributed by atoms with E-state index in [-0.39, 0.29) is 23.8 Å². The Kier molecular flexibility index (Phi) is 9.50. The summed E-state index contributed by atoms with van der Waals surface area (Å²) in [5, 5.41) is 3.46. The number of sulfonamides is 1. The Morgan fingerprint density at radius 2 is 1.53 bits per heavy atom. The number of likely N-dealkylation sites (N-methyl/N-ethyl adjacent to an activating group) is 2. The van der Waals surface area contributed by atoms with Crippen molar-refractivity contribution in [3.05, 3.63) is 100 Å². The van der Waals surface area contributed by atoms with Gasteiger partial charge in [-0.05, 0) is 41.5 Å². The van der Waals surface area contributed by atoms with Crippen LogP contribution in [0.15, 0.2) is 83.8 Å². The van der Waals surface area contributed by atoms with Gasteiger partial charge in [0, 0.05) is 37.1 Å². The minimum absolute atomic E-state index is 0.00647. The summed E-state index contributed by atoms with van der Waals surface area (Å²) >= 11 is 12.3. The molecule has 0 heterocycles. The minimum atomic E-state index is -3.98. The third-order valence-corrected chi connectivity index (χ3v) is 8.13. The molecule has 0 bridgehead atoms. The molecule has 10 heteroatoms. The van der Waals surface area contributed by atoms with Crippen molar-refractivity contribution in [3.8, 4) is 0 Å². The number of nitrogens with one attached hydrogen (secondary N) is 1. The molecule has 3 aromatic carbocycles. The number of carbonyl (C=O) groups is 2. The van der Waals surface area contributed by atoms with Crippen molar-refractivity contribution < 1.29 is 18.0 Å². The Balaban J connectivity index is 1.95. The fourth-order valence-electron chi connectivity index (χ4n) is 3.68. The van der Waals surface area contributed by atoms with Crippen LogP contribution >= 0.6 is 23.2 Å². The van der Waals surface area contributed by atoms with Crippen LogP contribution < -0.4 is 5.32 Å². The molecule has 0 radical (unpaired) electrons. The molecule has 190 valence electrons. The monoisotopic (exact) mass is 547 g/mol. The highest BCUT2D eigenvalue weighted by Crippen LogP contribution is 2.22. The second kappa shape index (κ2) is 12.4. The predicted molar refractivity (Wildman–Crippen MR) is 141 cm³/mol. The summed E-state index contributed by atoms with van der Waals surface area (Å²) in [5.41, 5.74) is 1.49. The standard InChI is InChI=1S/C26H27Cl2N3O4S/c1-29-26(33)24(16-19-8-4-3-5-9-19)31(17-20-10-6-7-11-23(20)28)25(32)18-30(2)36(34,35)22-14-12-21(27)13-15-22/h3-15,24H,16-18H2,1-2H3,(H,29,33)/t24-/m0/s1. The molecule has 7 nitrogen and oxygen atoms in total. The Labute approximate surface area is 221 Å². The first-order chi connectivity index (χ1) is 17.1. The molecular weight excluding hydrogens is 521 g/mol. The number of halogens is 2. The zero-order valence-electron chi connectivity index (χ0n) is 19.9. The van der Waals surface area contributed by atoms with E-state index in [1.807, 2.05) is 30.3 Å². The zero-order valence-corrected chi connectivity index (χ0v) is 22.2. The van der Waals surface area contributed by atoms with Gasteiger partial charge in [-0.1, -0.05) is 71.7 Å². The van der Waals surface area contributed by atoms with Crippen LogP contribution in [0.5, 0.6) is 0 Å². The lowest BCUT2D eigenvalue weighted by Crippen LogP contribution is -2.52. The summed E-state index contributed by atoms with van der Waals surface area (Å²) < 4.78 is 27.1. The predicted octanol–water partition coefficient (Wildman–Crippen LogP) is 4.00. The largest absolute Gasteiger partial charge is 0.357 e. The summed E-state index contributed by atoms with van der Waals surface area (Å²) in [4.78, 5) is 28.0. The summed E-state index contributed by atoms with van der Waals surface area (Å²) in [5.74, 6) is -0.915. The molecule has 2 amide bonds. The Hall–Kier alpha value is -2.91. The SMILES string of the molecule is CNC(=O)[C@H](Cc1ccccc1)N(Cc1ccccc1Cl)C(=O)CN(C)S(=O)(=O)c1ccc(Cl)cc1. The molecule has 0 spiro atoms. The quantitative estimate of drug-likeness (QED) is 0.415. The first kappa shape index (κ1) is 27.7. The summed E-state index contributed by atoms with van der Waals surface area (Å²) in [6, 6.07) is 21.1. The van der Waals surface area contributed by atoms with Gasteiger partial charge in [-0.2, -0.15) is 4.31 Å². The van der Waals surface area contributed by atoms with Gasteiger partial charge in [0.25, 0.3) is 0 Å². The van der Waals surface area contributed by atoms with E-state index in [0.717, 1.165) is 9.87 Å². The van der Waals surface area contributed by atoms with Crippen LogP contribution in [0.3, 0.4) is 0 Å². The van der Waals surface area contributed by atoms with E-state index in [2.05, 4.69) is 5.32 Å². The van der Waals surface area contributed by atoms with E-state index < -0.39 is 28.5 Å². The molecule has 0 aliphatic carbocycles. The van der Waals surface area contributed by atoms with Crippen molar-refractivity contribution in [2.75, 3.05) is 20.6 Å². The van der Waals surface area contributed by atoms with E-state index >= 15 is 0 Å². The topological polar surface area (TPSA) is 86.8 Å². The van der Waals surface area contributed by atoms with Gasteiger partial charge in [-0.3, -0.25) is 9.59 Å². The number of nitrogens with zero attached hydrogens (tertiary/aromatic N) is 2. The maximum atomic E-state index is 13.6. The molecule has 1 N–H and O–H groups in total. The molecule has 36 heavy (non-hydrogen) atoms. The van der Waals surface area contributed by atoms with Crippen molar-refractivity contribution in [2.45, 2.75) is 23.9 Å². The number of hydrogen-bond donors (Lipinski definition) is 1.